The molecule has 0 unspecified atom stereocenters. The van der Waals surface area contributed by atoms with Crippen molar-refractivity contribution in [1.29, 1.82) is 0 Å². The van der Waals surface area contributed by atoms with E-state index in [1.807, 2.05) is 12.1 Å². The van der Waals surface area contributed by atoms with E-state index in [1.54, 1.807) is 42.1 Å². The third-order valence-electron chi connectivity index (χ3n) is 3.88. The molecule has 0 aliphatic heterocycles. The lowest BCUT2D eigenvalue weighted by Gasteiger charge is -2.27. The van der Waals surface area contributed by atoms with Crippen LogP contribution in [0.4, 0.5) is 16.2 Å². The smallest absolute Gasteiger partial charge is 0.324 e. The second-order valence-electron chi connectivity index (χ2n) is 6.36. The van der Waals surface area contributed by atoms with Crippen molar-refractivity contribution in [2.24, 2.45) is 0 Å². The first-order chi connectivity index (χ1) is 11.3. The van der Waals surface area contributed by atoms with Crippen molar-refractivity contribution in [3.05, 3.63) is 58.6 Å². The minimum absolute atomic E-state index is 0.106. The van der Waals surface area contributed by atoms with Gasteiger partial charge in [-0.2, -0.15) is 0 Å². The molecule has 0 heterocycles. The molecule has 2 rings (SSSR count). The molecule has 0 spiro atoms. The lowest BCUT2D eigenvalue weighted by molar-refractivity contribution is 0.223. The van der Waals surface area contributed by atoms with Crippen molar-refractivity contribution in [2.45, 2.75) is 26.3 Å². The van der Waals surface area contributed by atoms with Crippen molar-refractivity contribution >= 4 is 29.0 Å². The van der Waals surface area contributed by atoms with E-state index in [2.05, 4.69) is 26.0 Å². The molecule has 0 atom stereocenters. The molecule has 0 saturated carbocycles. The number of nitrogen functional groups attached to an aromatic ring is 1. The summed E-state index contributed by atoms with van der Waals surface area (Å²) < 4.78 is 0. The molecule has 0 aliphatic carbocycles. The van der Waals surface area contributed by atoms with Gasteiger partial charge in [0.1, 0.15) is 0 Å². The van der Waals surface area contributed by atoms with E-state index < -0.39 is 0 Å². The minimum atomic E-state index is -0.106. The number of rotatable bonds is 4. The SMILES string of the molecule is CC(C)c1ccc(N(Cc2cc(N)ccc2Cl)C(=O)N(C)C)cc1. The third kappa shape index (κ3) is 4.20. The van der Waals surface area contributed by atoms with Crippen LogP contribution >= 0.6 is 11.6 Å². The van der Waals surface area contributed by atoms with Gasteiger partial charge in [0.15, 0.2) is 0 Å². The number of carbonyl (C=O) groups is 1. The van der Waals surface area contributed by atoms with Gasteiger partial charge in [-0.25, -0.2) is 4.79 Å². The Morgan fingerprint density at radius 3 is 2.29 bits per heavy atom. The van der Waals surface area contributed by atoms with E-state index >= 15 is 0 Å². The van der Waals surface area contributed by atoms with Gasteiger partial charge in [-0.3, -0.25) is 4.90 Å². The van der Waals surface area contributed by atoms with Crippen LogP contribution in [-0.2, 0) is 6.54 Å². The normalized spacial score (nSPS) is 10.8. The van der Waals surface area contributed by atoms with Gasteiger partial charge >= 0.3 is 6.03 Å². The lowest BCUT2D eigenvalue weighted by Crippen LogP contribution is -2.39. The Kier molecular flexibility index (Phi) is 5.73. The number of urea groups is 1. The summed E-state index contributed by atoms with van der Waals surface area (Å²) in [5.74, 6) is 0.445. The van der Waals surface area contributed by atoms with Crippen LogP contribution in [0.1, 0.15) is 30.9 Å². The van der Waals surface area contributed by atoms with E-state index in [0.29, 0.717) is 23.2 Å². The first-order valence-electron chi connectivity index (χ1n) is 7.92. The summed E-state index contributed by atoms with van der Waals surface area (Å²) in [5, 5.41) is 0.597. The lowest BCUT2D eigenvalue weighted by atomic mass is 10.0. The largest absolute Gasteiger partial charge is 0.399 e. The number of benzene rings is 2. The van der Waals surface area contributed by atoms with Crippen LogP contribution in [0.3, 0.4) is 0 Å². The van der Waals surface area contributed by atoms with Crippen LogP contribution in [0.15, 0.2) is 42.5 Å². The molecule has 0 saturated heterocycles. The van der Waals surface area contributed by atoms with Crippen molar-refractivity contribution in [3.63, 3.8) is 0 Å². The number of nitrogens with zero attached hydrogens (tertiary/aromatic N) is 2. The van der Waals surface area contributed by atoms with E-state index in [9.17, 15) is 4.79 Å². The third-order valence-corrected chi connectivity index (χ3v) is 4.25. The van der Waals surface area contributed by atoms with E-state index in [4.69, 9.17) is 17.3 Å². The zero-order chi connectivity index (χ0) is 17.9. The van der Waals surface area contributed by atoms with Gasteiger partial charge in [-0.1, -0.05) is 37.6 Å². The highest BCUT2D eigenvalue weighted by Crippen LogP contribution is 2.26. The zero-order valence-electron chi connectivity index (χ0n) is 14.6. The Morgan fingerprint density at radius 1 is 1.12 bits per heavy atom. The van der Waals surface area contributed by atoms with Gasteiger partial charge in [-0.05, 0) is 47.4 Å². The molecule has 0 bridgehead atoms. The number of hydrogen-bond donors (Lipinski definition) is 1. The maximum absolute atomic E-state index is 12.6. The summed E-state index contributed by atoms with van der Waals surface area (Å²) >= 11 is 6.27. The predicted molar refractivity (Wildman–Crippen MR) is 102 cm³/mol. The quantitative estimate of drug-likeness (QED) is 0.814. The van der Waals surface area contributed by atoms with Crippen LogP contribution < -0.4 is 10.6 Å². The van der Waals surface area contributed by atoms with E-state index in [0.717, 1.165) is 11.3 Å². The van der Waals surface area contributed by atoms with Gasteiger partial charge in [0.25, 0.3) is 0 Å². The first-order valence-corrected chi connectivity index (χ1v) is 8.30. The Labute approximate surface area is 148 Å². The first kappa shape index (κ1) is 18.1. The maximum atomic E-state index is 12.6. The molecule has 2 amide bonds. The fourth-order valence-electron chi connectivity index (χ4n) is 2.44. The minimum Gasteiger partial charge on any atom is -0.399 e. The number of carbonyl (C=O) groups excluding carboxylic acids is 1. The molecule has 2 N–H and O–H groups in total. The van der Waals surface area contributed by atoms with Crippen LogP contribution in [0, 0.1) is 0 Å². The summed E-state index contributed by atoms with van der Waals surface area (Å²) in [5.41, 5.74) is 9.37. The molecular formula is C19H24ClN3O. The monoisotopic (exact) mass is 345 g/mol. The summed E-state index contributed by atoms with van der Waals surface area (Å²) in [6.07, 6.45) is 0. The van der Waals surface area contributed by atoms with Crippen LogP contribution in [0.2, 0.25) is 5.02 Å². The molecule has 4 nitrogen and oxygen atoms in total. The van der Waals surface area contributed by atoms with Crippen molar-refractivity contribution in [1.82, 2.24) is 4.90 Å². The topological polar surface area (TPSA) is 49.6 Å². The number of nitrogens with two attached hydrogens (primary N) is 1. The van der Waals surface area contributed by atoms with Gasteiger partial charge in [0, 0.05) is 30.5 Å². The van der Waals surface area contributed by atoms with Crippen molar-refractivity contribution in [3.8, 4) is 0 Å². The van der Waals surface area contributed by atoms with E-state index in [1.165, 1.54) is 5.56 Å². The van der Waals surface area contributed by atoms with Crippen molar-refractivity contribution < 1.29 is 4.79 Å². The maximum Gasteiger partial charge on any atom is 0.324 e. The summed E-state index contributed by atoms with van der Waals surface area (Å²) in [7, 11) is 3.47. The molecular weight excluding hydrogens is 322 g/mol. The standard InChI is InChI=1S/C19H24ClN3O/c1-13(2)14-5-8-17(9-6-14)23(19(24)22(3)4)12-15-11-16(21)7-10-18(15)20/h5-11,13H,12,21H2,1-4H3. The number of halogens is 1. The van der Waals surface area contributed by atoms with Crippen LogP contribution in [0.5, 0.6) is 0 Å². The highest BCUT2D eigenvalue weighted by molar-refractivity contribution is 6.31. The van der Waals surface area contributed by atoms with E-state index in [-0.39, 0.29) is 6.03 Å². The number of hydrogen-bond acceptors (Lipinski definition) is 2. The van der Waals surface area contributed by atoms with Crippen LogP contribution in [0.25, 0.3) is 0 Å². The summed E-state index contributed by atoms with van der Waals surface area (Å²) in [6.45, 7) is 4.65. The molecule has 128 valence electrons. The molecule has 5 heteroatoms. The molecule has 0 radical (unpaired) electrons. The predicted octanol–water partition coefficient (Wildman–Crippen LogP) is 4.73. The van der Waals surface area contributed by atoms with Crippen molar-refractivity contribution in [2.75, 3.05) is 24.7 Å². The Hall–Kier alpha value is -2.20. The average Bonchev–Trinajstić information content (AvgIpc) is 2.55. The molecule has 24 heavy (non-hydrogen) atoms. The Balaban J connectivity index is 2.38. The molecule has 2 aromatic rings. The molecule has 0 fully saturated rings. The van der Waals surface area contributed by atoms with Gasteiger partial charge < -0.3 is 10.6 Å². The fraction of sp³-hybridized carbons (Fsp3) is 0.316. The van der Waals surface area contributed by atoms with Crippen LogP contribution in [-0.4, -0.2) is 25.0 Å². The second kappa shape index (κ2) is 7.58. The Bertz CT molecular complexity index is 711. The Morgan fingerprint density at radius 2 is 1.75 bits per heavy atom. The highest BCUT2D eigenvalue weighted by Gasteiger charge is 2.19. The summed E-state index contributed by atoms with van der Waals surface area (Å²) in [6, 6.07) is 13.3. The summed E-state index contributed by atoms with van der Waals surface area (Å²) in [4.78, 5) is 15.9. The molecule has 2 aromatic carbocycles. The average molecular weight is 346 g/mol. The highest BCUT2D eigenvalue weighted by atomic mass is 35.5. The number of anilines is 2. The van der Waals surface area contributed by atoms with Gasteiger partial charge in [0.05, 0.1) is 6.54 Å². The second-order valence-corrected chi connectivity index (χ2v) is 6.77. The molecule has 0 aromatic heterocycles. The number of amides is 2. The van der Waals surface area contributed by atoms with Gasteiger partial charge in [-0.15, -0.1) is 0 Å². The molecule has 0 aliphatic rings. The zero-order valence-corrected chi connectivity index (χ0v) is 15.3. The fourth-order valence-corrected chi connectivity index (χ4v) is 2.61. The van der Waals surface area contributed by atoms with Gasteiger partial charge in [0.2, 0.25) is 0 Å².